The van der Waals surface area contributed by atoms with Crippen molar-refractivity contribution in [2.24, 2.45) is 0 Å². The largest absolute Gasteiger partial charge is 0.378 e. The van der Waals surface area contributed by atoms with Crippen molar-refractivity contribution in [1.82, 2.24) is 4.98 Å². The molecule has 84 valence electrons. The normalized spacial score (nSPS) is 18.4. The van der Waals surface area contributed by atoms with Crippen molar-refractivity contribution in [3.63, 3.8) is 0 Å². The first kappa shape index (κ1) is 10.9. The first-order chi connectivity index (χ1) is 7.29. The van der Waals surface area contributed by atoms with Crippen molar-refractivity contribution >= 4 is 16.5 Å². The smallest absolute Gasteiger partial charge is 0.185 e. The summed E-state index contributed by atoms with van der Waals surface area (Å²) in [5, 5.41) is 3.28. The Hall–Kier alpha value is -0.610. The Kier molecular flexibility index (Phi) is 3.59. The molecule has 0 aromatic carbocycles. The van der Waals surface area contributed by atoms with Crippen molar-refractivity contribution in [2.45, 2.75) is 32.8 Å². The Bertz CT molecular complexity index is 305. The predicted molar refractivity (Wildman–Crippen MR) is 63.7 cm³/mol. The third-order valence-electron chi connectivity index (χ3n) is 2.72. The van der Waals surface area contributed by atoms with Gasteiger partial charge in [-0.1, -0.05) is 0 Å². The second-order valence-electron chi connectivity index (χ2n) is 3.91. The van der Waals surface area contributed by atoms with E-state index in [0.29, 0.717) is 6.10 Å². The van der Waals surface area contributed by atoms with Gasteiger partial charge in [0.25, 0.3) is 0 Å². The Morgan fingerprint density at radius 2 is 2.27 bits per heavy atom. The summed E-state index contributed by atoms with van der Waals surface area (Å²) in [6.07, 6.45) is 2.73. The minimum absolute atomic E-state index is 0.465. The molecule has 0 radical (unpaired) electrons. The van der Waals surface area contributed by atoms with Crippen molar-refractivity contribution in [3.05, 3.63) is 11.1 Å². The lowest BCUT2D eigenvalue weighted by atomic mass is 10.1. The lowest BCUT2D eigenvalue weighted by Gasteiger charge is -2.31. The van der Waals surface area contributed by atoms with Crippen LogP contribution in [-0.2, 0) is 4.74 Å². The van der Waals surface area contributed by atoms with Gasteiger partial charge < -0.3 is 9.64 Å². The quantitative estimate of drug-likeness (QED) is 0.791. The minimum atomic E-state index is 0.465. The maximum atomic E-state index is 5.63. The molecule has 0 aliphatic carbocycles. The van der Waals surface area contributed by atoms with E-state index in [1.165, 1.54) is 5.13 Å². The molecule has 2 heterocycles. The number of rotatable bonds is 3. The fraction of sp³-hybridized carbons (Fsp3) is 0.727. The highest BCUT2D eigenvalue weighted by atomic mass is 32.1. The van der Waals surface area contributed by atoms with Gasteiger partial charge in [0.05, 0.1) is 11.8 Å². The molecule has 4 heteroatoms. The molecule has 1 fully saturated rings. The average molecular weight is 226 g/mol. The van der Waals surface area contributed by atoms with Gasteiger partial charge in [0.1, 0.15) is 0 Å². The zero-order chi connectivity index (χ0) is 10.7. The van der Waals surface area contributed by atoms with E-state index >= 15 is 0 Å². The fourth-order valence-corrected chi connectivity index (χ4v) is 2.79. The summed E-state index contributed by atoms with van der Waals surface area (Å²) in [6, 6.07) is 0. The van der Waals surface area contributed by atoms with E-state index in [9.17, 15) is 0 Å². The summed E-state index contributed by atoms with van der Waals surface area (Å²) in [5.41, 5.74) is 1.13. The van der Waals surface area contributed by atoms with Gasteiger partial charge in [0.15, 0.2) is 5.13 Å². The van der Waals surface area contributed by atoms with Crippen LogP contribution in [0.5, 0.6) is 0 Å². The van der Waals surface area contributed by atoms with Crippen LogP contribution in [0.3, 0.4) is 0 Å². The number of piperidine rings is 1. The molecule has 0 N–H and O–H groups in total. The molecule has 0 amide bonds. The molecule has 1 saturated heterocycles. The number of hydrogen-bond acceptors (Lipinski definition) is 4. The van der Waals surface area contributed by atoms with Gasteiger partial charge in [-0.15, -0.1) is 11.3 Å². The molecule has 0 saturated carbocycles. The molecule has 0 unspecified atom stereocenters. The summed E-state index contributed by atoms with van der Waals surface area (Å²) in [7, 11) is 0. The van der Waals surface area contributed by atoms with Gasteiger partial charge in [-0.2, -0.15) is 0 Å². The van der Waals surface area contributed by atoms with Crippen LogP contribution in [0.25, 0.3) is 0 Å². The zero-order valence-corrected chi connectivity index (χ0v) is 10.2. The monoisotopic (exact) mass is 226 g/mol. The van der Waals surface area contributed by atoms with E-state index in [4.69, 9.17) is 4.74 Å². The summed E-state index contributed by atoms with van der Waals surface area (Å²) < 4.78 is 5.63. The van der Waals surface area contributed by atoms with Crippen molar-refractivity contribution < 1.29 is 4.74 Å². The lowest BCUT2D eigenvalue weighted by molar-refractivity contribution is 0.0459. The Balaban J connectivity index is 1.88. The van der Waals surface area contributed by atoms with Gasteiger partial charge in [-0.3, -0.25) is 0 Å². The Morgan fingerprint density at radius 1 is 1.53 bits per heavy atom. The summed E-state index contributed by atoms with van der Waals surface area (Å²) in [5.74, 6) is 0. The first-order valence-electron chi connectivity index (χ1n) is 5.58. The number of ether oxygens (including phenoxy) is 1. The predicted octanol–water partition coefficient (Wildman–Crippen LogP) is 2.46. The molecule has 0 atom stereocenters. The zero-order valence-electron chi connectivity index (χ0n) is 9.40. The van der Waals surface area contributed by atoms with E-state index in [0.717, 1.165) is 38.2 Å². The van der Waals surface area contributed by atoms with Crippen LogP contribution in [-0.4, -0.2) is 30.8 Å². The third kappa shape index (κ3) is 2.69. The van der Waals surface area contributed by atoms with Crippen molar-refractivity contribution in [2.75, 3.05) is 24.6 Å². The number of anilines is 1. The Labute approximate surface area is 95.1 Å². The summed E-state index contributed by atoms with van der Waals surface area (Å²) >= 11 is 1.74. The number of aryl methyl sites for hydroxylation is 1. The maximum absolute atomic E-state index is 5.63. The molecule has 15 heavy (non-hydrogen) atoms. The topological polar surface area (TPSA) is 25.4 Å². The van der Waals surface area contributed by atoms with Crippen molar-refractivity contribution in [3.8, 4) is 0 Å². The SMILES string of the molecule is CCOC1CCN(c2nc(C)cs2)CC1. The highest BCUT2D eigenvalue weighted by molar-refractivity contribution is 7.13. The number of aromatic nitrogens is 1. The van der Waals surface area contributed by atoms with E-state index in [1.807, 2.05) is 6.92 Å². The third-order valence-corrected chi connectivity index (χ3v) is 3.74. The summed E-state index contributed by atoms with van der Waals surface area (Å²) in [6.45, 7) is 7.11. The second kappa shape index (κ2) is 4.94. The van der Waals surface area contributed by atoms with Gasteiger partial charge in [0.2, 0.25) is 0 Å². The van der Waals surface area contributed by atoms with Gasteiger partial charge in [-0.05, 0) is 26.7 Å². The van der Waals surface area contributed by atoms with E-state index < -0.39 is 0 Å². The standard InChI is InChI=1S/C11H18N2OS/c1-3-14-10-4-6-13(7-5-10)11-12-9(2)8-15-11/h8,10H,3-7H2,1-2H3. The molecule has 1 aliphatic rings. The number of hydrogen-bond donors (Lipinski definition) is 0. The highest BCUT2D eigenvalue weighted by Gasteiger charge is 2.20. The van der Waals surface area contributed by atoms with Crippen LogP contribution in [0.15, 0.2) is 5.38 Å². The summed E-state index contributed by atoms with van der Waals surface area (Å²) in [4.78, 5) is 6.88. The van der Waals surface area contributed by atoms with Gasteiger partial charge in [-0.25, -0.2) is 4.98 Å². The molecule has 1 aromatic heterocycles. The van der Waals surface area contributed by atoms with E-state index in [-0.39, 0.29) is 0 Å². The van der Waals surface area contributed by atoms with Crippen LogP contribution < -0.4 is 4.90 Å². The maximum Gasteiger partial charge on any atom is 0.185 e. The van der Waals surface area contributed by atoms with Crippen LogP contribution in [0, 0.1) is 6.92 Å². The lowest BCUT2D eigenvalue weighted by Crippen LogP contribution is -2.37. The molecule has 1 aliphatic heterocycles. The second-order valence-corrected chi connectivity index (χ2v) is 4.75. The molecule has 0 bridgehead atoms. The first-order valence-corrected chi connectivity index (χ1v) is 6.46. The molecule has 0 spiro atoms. The van der Waals surface area contributed by atoms with Crippen LogP contribution in [0.1, 0.15) is 25.5 Å². The highest BCUT2D eigenvalue weighted by Crippen LogP contribution is 2.24. The number of nitrogens with zero attached hydrogens (tertiary/aromatic N) is 2. The van der Waals surface area contributed by atoms with Crippen LogP contribution >= 0.6 is 11.3 Å². The fourth-order valence-electron chi connectivity index (χ4n) is 1.94. The van der Waals surface area contributed by atoms with Crippen LogP contribution in [0.2, 0.25) is 0 Å². The molecular formula is C11H18N2OS. The molecule has 2 rings (SSSR count). The molecular weight excluding hydrogens is 208 g/mol. The molecule has 1 aromatic rings. The average Bonchev–Trinajstić information content (AvgIpc) is 2.67. The Morgan fingerprint density at radius 3 is 2.80 bits per heavy atom. The van der Waals surface area contributed by atoms with Gasteiger partial charge in [0, 0.05) is 25.1 Å². The molecule has 3 nitrogen and oxygen atoms in total. The van der Waals surface area contributed by atoms with Gasteiger partial charge >= 0.3 is 0 Å². The minimum Gasteiger partial charge on any atom is -0.378 e. The van der Waals surface area contributed by atoms with Crippen molar-refractivity contribution in [1.29, 1.82) is 0 Å². The van der Waals surface area contributed by atoms with E-state index in [2.05, 4.69) is 22.2 Å². The van der Waals surface area contributed by atoms with Crippen LogP contribution in [0.4, 0.5) is 5.13 Å². The number of thiazole rings is 1. The van der Waals surface area contributed by atoms with E-state index in [1.54, 1.807) is 11.3 Å².